The molecule has 2 aromatic rings. The summed E-state index contributed by atoms with van der Waals surface area (Å²) >= 11 is 0. The first-order chi connectivity index (χ1) is 10.0. The van der Waals surface area contributed by atoms with Crippen molar-refractivity contribution in [1.82, 2.24) is 14.1 Å². The number of hydrogen-bond acceptors (Lipinski definition) is 5. The number of ether oxygens (including phenoxy) is 1. The summed E-state index contributed by atoms with van der Waals surface area (Å²) in [5, 5.41) is 2.60. The molecule has 0 saturated heterocycles. The van der Waals surface area contributed by atoms with Gasteiger partial charge in [-0.25, -0.2) is 9.78 Å². The smallest absolute Gasteiger partial charge is 0.331 e. The van der Waals surface area contributed by atoms with E-state index in [1.54, 1.807) is 12.1 Å². The summed E-state index contributed by atoms with van der Waals surface area (Å²) in [7, 11) is 2.79. The maximum Gasteiger partial charge on any atom is 0.331 e. The molecule has 2 rings (SSSR count). The van der Waals surface area contributed by atoms with Crippen molar-refractivity contribution in [3.05, 3.63) is 51.4 Å². The number of nitrogens with one attached hydrogen (secondary N) is 1. The predicted molar refractivity (Wildman–Crippen MR) is 75.4 cm³/mol. The lowest BCUT2D eigenvalue weighted by molar-refractivity contribution is -0.116. The molecule has 8 nitrogen and oxygen atoms in total. The van der Waals surface area contributed by atoms with Gasteiger partial charge < -0.3 is 10.1 Å². The topological polar surface area (TPSA) is 95.2 Å². The van der Waals surface area contributed by atoms with E-state index < -0.39 is 17.2 Å². The Bertz CT molecular complexity index is 778. The van der Waals surface area contributed by atoms with Crippen LogP contribution in [0.3, 0.4) is 0 Å². The Balaban J connectivity index is 2.18. The van der Waals surface area contributed by atoms with Crippen molar-refractivity contribution in [1.29, 1.82) is 0 Å². The Morgan fingerprint density at radius 1 is 1.38 bits per heavy atom. The molecule has 8 heteroatoms. The van der Waals surface area contributed by atoms with Gasteiger partial charge in [-0.3, -0.25) is 18.7 Å². The lowest BCUT2D eigenvalue weighted by Crippen LogP contribution is -2.38. The third-order valence-corrected chi connectivity index (χ3v) is 2.81. The molecule has 0 radical (unpaired) electrons. The SMILES string of the molecule is COc1ncccc1NC(=O)Cn1ccc(=O)n(C)c1=O. The van der Waals surface area contributed by atoms with E-state index in [0.717, 1.165) is 9.13 Å². The second-order valence-corrected chi connectivity index (χ2v) is 4.23. The number of methoxy groups -OCH3 is 1. The molecule has 0 fully saturated rings. The van der Waals surface area contributed by atoms with Gasteiger partial charge in [0.1, 0.15) is 12.2 Å². The van der Waals surface area contributed by atoms with E-state index >= 15 is 0 Å². The average molecular weight is 290 g/mol. The van der Waals surface area contributed by atoms with Gasteiger partial charge >= 0.3 is 5.69 Å². The standard InChI is InChI=1S/C13H14N4O4/c1-16-11(19)5-7-17(13(16)20)8-10(18)15-9-4-3-6-14-12(9)21-2/h3-7H,8H2,1-2H3,(H,15,18). The maximum atomic E-state index is 12.0. The number of rotatable bonds is 4. The molecule has 0 saturated carbocycles. The van der Waals surface area contributed by atoms with E-state index in [0.29, 0.717) is 5.69 Å². The summed E-state index contributed by atoms with van der Waals surface area (Å²) in [6.45, 7) is -0.217. The van der Waals surface area contributed by atoms with E-state index in [9.17, 15) is 14.4 Å². The summed E-state index contributed by atoms with van der Waals surface area (Å²) < 4.78 is 7.08. The number of nitrogens with zero attached hydrogens (tertiary/aromatic N) is 3. The quantitative estimate of drug-likeness (QED) is 0.826. The van der Waals surface area contributed by atoms with Crippen LogP contribution in [0.4, 0.5) is 5.69 Å². The molecule has 1 amide bonds. The molecule has 0 aliphatic carbocycles. The van der Waals surface area contributed by atoms with Gasteiger partial charge in [0.2, 0.25) is 11.8 Å². The first-order valence-corrected chi connectivity index (χ1v) is 6.08. The summed E-state index contributed by atoms with van der Waals surface area (Å²) in [4.78, 5) is 39.0. The molecule has 0 bridgehead atoms. The van der Waals surface area contributed by atoms with Crippen LogP contribution in [-0.2, 0) is 18.4 Å². The zero-order valence-electron chi connectivity index (χ0n) is 11.6. The molecule has 0 aromatic carbocycles. The Kier molecular flexibility index (Phi) is 4.17. The third kappa shape index (κ3) is 3.16. The Hall–Kier alpha value is -2.90. The minimum atomic E-state index is -0.559. The zero-order chi connectivity index (χ0) is 15.4. The van der Waals surface area contributed by atoms with E-state index in [2.05, 4.69) is 10.3 Å². The van der Waals surface area contributed by atoms with Crippen molar-refractivity contribution in [2.24, 2.45) is 7.05 Å². The van der Waals surface area contributed by atoms with Gasteiger partial charge in [0.25, 0.3) is 5.56 Å². The first-order valence-electron chi connectivity index (χ1n) is 6.08. The number of amides is 1. The largest absolute Gasteiger partial charge is 0.480 e. The maximum absolute atomic E-state index is 12.0. The highest BCUT2D eigenvalue weighted by Crippen LogP contribution is 2.19. The monoisotopic (exact) mass is 290 g/mol. The lowest BCUT2D eigenvalue weighted by Gasteiger charge is -2.10. The first kappa shape index (κ1) is 14.5. The molecule has 2 heterocycles. The van der Waals surface area contributed by atoms with Gasteiger partial charge in [-0.2, -0.15) is 0 Å². The van der Waals surface area contributed by atoms with Crippen molar-refractivity contribution in [3.63, 3.8) is 0 Å². The normalized spacial score (nSPS) is 10.2. The van der Waals surface area contributed by atoms with Gasteiger partial charge in [0.05, 0.1) is 7.11 Å². The van der Waals surface area contributed by atoms with Crippen LogP contribution >= 0.6 is 0 Å². The van der Waals surface area contributed by atoms with Crippen LogP contribution in [0.2, 0.25) is 0 Å². The molecule has 1 N–H and O–H groups in total. The summed E-state index contributed by atoms with van der Waals surface area (Å²) in [5.74, 6) is -0.152. The second kappa shape index (κ2) is 6.04. The van der Waals surface area contributed by atoms with Gasteiger partial charge in [-0.05, 0) is 12.1 Å². The molecule has 21 heavy (non-hydrogen) atoms. The lowest BCUT2D eigenvalue weighted by atomic mass is 10.4. The van der Waals surface area contributed by atoms with Crippen LogP contribution in [0.15, 0.2) is 40.2 Å². The highest BCUT2D eigenvalue weighted by molar-refractivity contribution is 5.91. The molecule has 0 aliphatic heterocycles. The van der Waals surface area contributed by atoms with Crippen LogP contribution in [0, 0.1) is 0 Å². The van der Waals surface area contributed by atoms with Crippen molar-refractivity contribution in [3.8, 4) is 5.88 Å². The van der Waals surface area contributed by atoms with Gasteiger partial charge in [0, 0.05) is 25.5 Å². The summed E-state index contributed by atoms with van der Waals surface area (Å²) in [6.07, 6.45) is 2.82. The Morgan fingerprint density at radius 3 is 2.86 bits per heavy atom. The average Bonchev–Trinajstić information content (AvgIpc) is 2.48. The Morgan fingerprint density at radius 2 is 2.14 bits per heavy atom. The number of pyridine rings is 1. The molecular formula is C13H14N4O4. The van der Waals surface area contributed by atoms with Crippen LogP contribution in [-0.4, -0.2) is 27.1 Å². The van der Waals surface area contributed by atoms with Crippen molar-refractivity contribution in [2.75, 3.05) is 12.4 Å². The minimum Gasteiger partial charge on any atom is -0.480 e. The molecule has 2 aromatic heterocycles. The van der Waals surface area contributed by atoms with Crippen LogP contribution in [0.1, 0.15) is 0 Å². The van der Waals surface area contributed by atoms with Gasteiger partial charge in [-0.15, -0.1) is 0 Å². The zero-order valence-corrected chi connectivity index (χ0v) is 11.6. The molecule has 0 aliphatic rings. The van der Waals surface area contributed by atoms with E-state index in [4.69, 9.17) is 4.74 Å². The molecule has 0 spiro atoms. The van der Waals surface area contributed by atoms with Gasteiger partial charge in [0.15, 0.2) is 0 Å². The fraction of sp³-hybridized carbons (Fsp3) is 0.231. The molecule has 110 valence electrons. The minimum absolute atomic E-state index is 0.217. The van der Waals surface area contributed by atoms with Gasteiger partial charge in [-0.1, -0.05) is 0 Å². The number of carbonyl (C=O) groups is 1. The van der Waals surface area contributed by atoms with Crippen LogP contribution < -0.4 is 21.3 Å². The van der Waals surface area contributed by atoms with E-state index in [1.807, 2.05) is 0 Å². The van der Waals surface area contributed by atoms with Crippen LogP contribution in [0.25, 0.3) is 0 Å². The molecular weight excluding hydrogens is 276 g/mol. The number of anilines is 1. The van der Waals surface area contributed by atoms with E-state index in [-0.39, 0.29) is 12.4 Å². The summed E-state index contributed by atoms with van der Waals surface area (Å²) in [5.41, 5.74) is -0.579. The number of carbonyl (C=O) groups excluding carboxylic acids is 1. The van der Waals surface area contributed by atoms with Crippen molar-refractivity contribution >= 4 is 11.6 Å². The van der Waals surface area contributed by atoms with Crippen molar-refractivity contribution < 1.29 is 9.53 Å². The molecule has 0 unspecified atom stereocenters. The highest BCUT2D eigenvalue weighted by Gasteiger charge is 2.10. The highest BCUT2D eigenvalue weighted by atomic mass is 16.5. The van der Waals surface area contributed by atoms with Crippen molar-refractivity contribution in [2.45, 2.75) is 6.54 Å². The molecule has 0 atom stereocenters. The fourth-order valence-corrected chi connectivity index (χ4v) is 1.73. The summed E-state index contributed by atoms with van der Waals surface area (Å²) in [6, 6.07) is 4.50. The van der Waals surface area contributed by atoms with E-state index in [1.165, 1.54) is 32.6 Å². The number of hydrogen-bond donors (Lipinski definition) is 1. The second-order valence-electron chi connectivity index (χ2n) is 4.23. The van der Waals surface area contributed by atoms with Crippen LogP contribution in [0.5, 0.6) is 5.88 Å². The fourth-order valence-electron chi connectivity index (χ4n) is 1.73. The predicted octanol–water partition coefficient (Wildman–Crippen LogP) is -0.411. The number of aromatic nitrogens is 3. The Labute approximate surface area is 119 Å². The third-order valence-electron chi connectivity index (χ3n) is 2.81.